The van der Waals surface area contributed by atoms with Gasteiger partial charge in [-0.15, -0.1) is 0 Å². The highest BCUT2D eigenvalue weighted by atomic mass is 79.9. The van der Waals surface area contributed by atoms with Crippen LogP contribution in [0.4, 0.5) is 5.69 Å². The molecule has 0 aliphatic carbocycles. The van der Waals surface area contributed by atoms with Crippen LogP contribution in [-0.2, 0) is 6.54 Å². The molecule has 0 aliphatic rings. The number of nitrogens with two attached hydrogens (primary N) is 1. The van der Waals surface area contributed by atoms with Crippen LogP contribution in [0, 0.1) is 11.3 Å². The number of carbonyl (C=O) groups is 1. The summed E-state index contributed by atoms with van der Waals surface area (Å²) in [7, 11) is 0. The van der Waals surface area contributed by atoms with Gasteiger partial charge in [0.2, 0.25) is 0 Å². The number of rotatable bonds is 3. The zero-order valence-electron chi connectivity index (χ0n) is 10.6. The Labute approximate surface area is 125 Å². The highest BCUT2D eigenvalue weighted by molar-refractivity contribution is 9.10. The molecule has 0 atom stereocenters. The molecule has 0 unspecified atom stereocenters. The molecule has 0 spiro atoms. The molecule has 0 aromatic heterocycles. The van der Waals surface area contributed by atoms with E-state index in [1.165, 1.54) is 0 Å². The second-order valence-corrected chi connectivity index (χ2v) is 5.09. The van der Waals surface area contributed by atoms with Crippen molar-refractivity contribution in [2.75, 3.05) is 5.73 Å². The summed E-state index contributed by atoms with van der Waals surface area (Å²) < 4.78 is 0.698. The maximum absolute atomic E-state index is 12.1. The van der Waals surface area contributed by atoms with Crippen LogP contribution >= 0.6 is 15.9 Å². The van der Waals surface area contributed by atoms with Crippen molar-refractivity contribution >= 4 is 27.5 Å². The van der Waals surface area contributed by atoms with E-state index in [9.17, 15) is 4.79 Å². The van der Waals surface area contributed by atoms with Crippen LogP contribution in [0.3, 0.4) is 0 Å². The van der Waals surface area contributed by atoms with Gasteiger partial charge in [-0.25, -0.2) is 0 Å². The van der Waals surface area contributed by atoms with E-state index in [-0.39, 0.29) is 5.91 Å². The number of nitrogens with zero attached hydrogens (tertiary/aromatic N) is 1. The van der Waals surface area contributed by atoms with Crippen LogP contribution < -0.4 is 11.1 Å². The topological polar surface area (TPSA) is 78.9 Å². The predicted octanol–water partition coefficient (Wildman–Crippen LogP) is 2.83. The molecule has 2 rings (SSSR count). The van der Waals surface area contributed by atoms with E-state index >= 15 is 0 Å². The molecule has 1 amide bonds. The lowest BCUT2D eigenvalue weighted by Crippen LogP contribution is -2.23. The first kappa shape index (κ1) is 14.1. The normalized spacial score (nSPS) is 9.80. The third-order valence-electron chi connectivity index (χ3n) is 2.77. The maximum atomic E-state index is 12.1. The molecular weight excluding hydrogens is 318 g/mol. The van der Waals surface area contributed by atoms with Gasteiger partial charge in [0, 0.05) is 16.7 Å². The first-order chi connectivity index (χ1) is 9.60. The summed E-state index contributed by atoms with van der Waals surface area (Å²) in [5, 5.41) is 11.5. The summed E-state index contributed by atoms with van der Waals surface area (Å²) in [6.07, 6.45) is 0. The van der Waals surface area contributed by atoms with Crippen LogP contribution in [0.15, 0.2) is 46.9 Å². The van der Waals surface area contributed by atoms with Crippen LogP contribution in [-0.4, -0.2) is 5.91 Å². The number of anilines is 1. The number of nitriles is 1. The van der Waals surface area contributed by atoms with Crippen LogP contribution in [0.2, 0.25) is 0 Å². The minimum atomic E-state index is -0.200. The van der Waals surface area contributed by atoms with Gasteiger partial charge in [0.15, 0.2) is 0 Å². The Morgan fingerprint density at radius 2 is 1.95 bits per heavy atom. The van der Waals surface area contributed by atoms with Gasteiger partial charge in [-0.3, -0.25) is 4.79 Å². The van der Waals surface area contributed by atoms with Gasteiger partial charge in [-0.1, -0.05) is 12.1 Å². The number of carbonyl (C=O) groups excluding carboxylic acids is 1. The summed E-state index contributed by atoms with van der Waals surface area (Å²) >= 11 is 3.32. The maximum Gasteiger partial charge on any atom is 0.252 e. The van der Waals surface area contributed by atoms with Crippen molar-refractivity contribution in [1.29, 1.82) is 5.26 Å². The van der Waals surface area contributed by atoms with Gasteiger partial charge < -0.3 is 11.1 Å². The Morgan fingerprint density at radius 1 is 1.25 bits per heavy atom. The first-order valence-corrected chi connectivity index (χ1v) is 6.71. The number of hydrogen-bond donors (Lipinski definition) is 2. The molecule has 0 aliphatic heterocycles. The minimum absolute atomic E-state index is 0.200. The molecule has 100 valence electrons. The van der Waals surface area contributed by atoms with E-state index in [1.54, 1.807) is 30.3 Å². The Balaban J connectivity index is 2.04. The SMILES string of the molecule is N#Cc1ccc(CNC(=O)c2cc(N)ccc2Br)cc1. The summed E-state index contributed by atoms with van der Waals surface area (Å²) in [6, 6.07) is 14.2. The number of nitrogen functional groups attached to an aromatic ring is 1. The van der Waals surface area contributed by atoms with Crippen molar-refractivity contribution < 1.29 is 4.79 Å². The monoisotopic (exact) mass is 329 g/mol. The predicted molar refractivity (Wildman–Crippen MR) is 80.9 cm³/mol. The van der Waals surface area contributed by atoms with E-state index in [2.05, 4.69) is 27.3 Å². The van der Waals surface area contributed by atoms with Crippen molar-refractivity contribution in [3.8, 4) is 6.07 Å². The molecule has 2 aromatic carbocycles. The van der Waals surface area contributed by atoms with Gasteiger partial charge in [0.05, 0.1) is 17.2 Å². The zero-order chi connectivity index (χ0) is 14.5. The van der Waals surface area contributed by atoms with Crippen LogP contribution in [0.25, 0.3) is 0 Å². The average molecular weight is 330 g/mol. The van der Waals surface area contributed by atoms with Gasteiger partial charge in [-0.05, 0) is 51.8 Å². The number of benzene rings is 2. The molecular formula is C15H12BrN3O. The standard InChI is InChI=1S/C15H12BrN3O/c16-14-6-5-12(18)7-13(14)15(20)19-9-11-3-1-10(8-17)2-4-11/h1-7H,9,18H2,(H,19,20). The summed E-state index contributed by atoms with van der Waals surface area (Å²) in [4.78, 5) is 12.1. The molecule has 0 heterocycles. The van der Waals surface area contributed by atoms with Crippen molar-refractivity contribution in [3.63, 3.8) is 0 Å². The average Bonchev–Trinajstić information content (AvgIpc) is 2.47. The molecule has 4 nitrogen and oxygen atoms in total. The lowest BCUT2D eigenvalue weighted by molar-refractivity contribution is 0.0950. The molecule has 0 fully saturated rings. The first-order valence-electron chi connectivity index (χ1n) is 5.92. The Hall–Kier alpha value is -2.32. The van der Waals surface area contributed by atoms with Crippen LogP contribution in [0.5, 0.6) is 0 Å². The fraction of sp³-hybridized carbons (Fsp3) is 0.0667. The van der Waals surface area contributed by atoms with Gasteiger partial charge in [-0.2, -0.15) is 5.26 Å². The fourth-order valence-electron chi connectivity index (χ4n) is 1.69. The van der Waals surface area contributed by atoms with Crippen molar-refractivity contribution in [2.24, 2.45) is 0 Å². The number of amides is 1. The zero-order valence-corrected chi connectivity index (χ0v) is 12.1. The van der Waals surface area contributed by atoms with Crippen molar-refractivity contribution in [2.45, 2.75) is 6.54 Å². The van der Waals surface area contributed by atoms with Gasteiger partial charge in [0.1, 0.15) is 0 Å². The number of nitrogens with one attached hydrogen (secondary N) is 1. The molecule has 0 radical (unpaired) electrons. The Kier molecular flexibility index (Phi) is 4.38. The quantitative estimate of drug-likeness (QED) is 0.850. The molecule has 2 aromatic rings. The molecule has 0 bridgehead atoms. The highest BCUT2D eigenvalue weighted by Gasteiger charge is 2.10. The van der Waals surface area contributed by atoms with Gasteiger partial charge >= 0.3 is 0 Å². The molecule has 0 saturated carbocycles. The van der Waals surface area contributed by atoms with E-state index in [4.69, 9.17) is 11.0 Å². The van der Waals surface area contributed by atoms with E-state index < -0.39 is 0 Å². The number of halogens is 1. The minimum Gasteiger partial charge on any atom is -0.399 e. The molecule has 3 N–H and O–H groups in total. The number of hydrogen-bond acceptors (Lipinski definition) is 3. The third-order valence-corrected chi connectivity index (χ3v) is 3.46. The van der Waals surface area contributed by atoms with Gasteiger partial charge in [0.25, 0.3) is 5.91 Å². The highest BCUT2D eigenvalue weighted by Crippen LogP contribution is 2.19. The Morgan fingerprint density at radius 3 is 2.60 bits per heavy atom. The summed E-state index contributed by atoms with van der Waals surface area (Å²) in [5.74, 6) is -0.200. The third kappa shape index (κ3) is 3.37. The van der Waals surface area contributed by atoms with Crippen LogP contribution in [0.1, 0.15) is 21.5 Å². The van der Waals surface area contributed by atoms with Crippen molar-refractivity contribution in [1.82, 2.24) is 5.32 Å². The second kappa shape index (κ2) is 6.22. The van der Waals surface area contributed by atoms with E-state index in [1.807, 2.05) is 12.1 Å². The Bertz CT molecular complexity index is 675. The smallest absolute Gasteiger partial charge is 0.252 e. The second-order valence-electron chi connectivity index (χ2n) is 4.23. The lowest BCUT2D eigenvalue weighted by Gasteiger charge is -2.08. The largest absolute Gasteiger partial charge is 0.399 e. The van der Waals surface area contributed by atoms with Crippen molar-refractivity contribution in [3.05, 3.63) is 63.6 Å². The van der Waals surface area contributed by atoms with E-state index in [0.29, 0.717) is 27.8 Å². The molecule has 0 saturated heterocycles. The molecule has 5 heteroatoms. The summed E-state index contributed by atoms with van der Waals surface area (Å²) in [5.41, 5.74) is 8.23. The molecule has 20 heavy (non-hydrogen) atoms. The fourth-order valence-corrected chi connectivity index (χ4v) is 2.12. The summed E-state index contributed by atoms with van der Waals surface area (Å²) in [6.45, 7) is 0.395. The van der Waals surface area contributed by atoms with E-state index in [0.717, 1.165) is 5.56 Å². The lowest BCUT2D eigenvalue weighted by atomic mass is 10.1.